The van der Waals surface area contributed by atoms with Gasteiger partial charge in [0.25, 0.3) is 5.91 Å². The van der Waals surface area contributed by atoms with Crippen LogP contribution in [-0.2, 0) is 6.18 Å². The van der Waals surface area contributed by atoms with Crippen molar-refractivity contribution in [2.24, 2.45) is 0 Å². The number of halogens is 3. The molecule has 5 rings (SSSR count). The first-order valence-corrected chi connectivity index (χ1v) is 11.7. The molecule has 0 N–H and O–H groups in total. The molecule has 3 heterocycles. The third kappa shape index (κ3) is 4.97. The van der Waals surface area contributed by atoms with E-state index in [-0.39, 0.29) is 28.2 Å². The molecule has 1 saturated heterocycles. The van der Waals surface area contributed by atoms with E-state index < -0.39 is 17.6 Å². The van der Waals surface area contributed by atoms with E-state index in [9.17, 15) is 18.0 Å². The number of hydrogen-bond acceptors (Lipinski definition) is 6. The number of aromatic nitrogens is 3. The first-order valence-electron chi connectivity index (χ1n) is 11.7. The van der Waals surface area contributed by atoms with Crippen LogP contribution < -0.4 is 4.74 Å². The number of pyridine rings is 1. The molecule has 0 spiro atoms. The van der Waals surface area contributed by atoms with Gasteiger partial charge in [-0.1, -0.05) is 30.3 Å². The standard InChI is InChI=1S/C27H24F3N5O2/c1-34-12-14-35(15-13-34)26(36)25-32-23(18-8-10-19(37-2)11-9-18)22-20(27(28,29)30)16-21(31-24(22)33-25)17-6-4-3-5-7-17/h3-11,16H,12-15H2,1-2H3. The molecule has 1 fully saturated rings. The van der Waals surface area contributed by atoms with E-state index in [2.05, 4.69) is 19.9 Å². The number of methoxy groups -OCH3 is 1. The van der Waals surface area contributed by atoms with E-state index in [1.54, 1.807) is 59.5 Å². The average Bonchev–Trinajstić information content (AvgIpc) is 2.92. The number of benzene rings is 2. The van der Waals surface area contributed by atoms with Crippen LogP contribution in [0.1, 0.15) is 16.2 Å². The molecule has 0 bridgehead atoms. The van der Waals surface area contributed by atoms with Gasteiger partial charge in [-0.15, -0.1) is 0 Å². The van der Waals surface area contributed by atoms with Crippen LogP contribution in [0.4, 0.5) is 13.2 Å². The lowest BCUT2D eigenvalue weighted by Crippen LogP contribution is -2.47. The van der Waals surface area contributed by atoms with Gasteiger partial charge >= 0.3 is 6.18 Å². The van der Waals surface area contributed by atoms with Crippen LogP contribution in [0.5, 0.6) is 5.75 Å². The third-order valence-electron chi connectivity index (χ3n) is 6.39. The van der Waals surface area contributed by atoms with Gasteiger partial charge in [0.2, 0.25) is 5.82 Å². The van der Waals surface area contributed by atoms with Crippen molar-refractivity contribution in [3.8, 4) is 28.3 Å². The molecule has 37 heavy (non-hydrogen) atoms. The van der Waals surface area contributed by atoms with E-state index in [0.717, 1.165) is 6.07 Å². The fourth-order valence-electron chi connectivity index (χ4n) is 4.32. The molecule has 10 heteroatoms. The predicted octanol–water partition coefficient (Wildman–Crippen LogP) is 4.77. The summed E-state index contributed by atoms with van der Waals surface area (Å²) < 4.78 is 48.5. The second-order valence-corrected chi connectivity index (χ2v) is 8.84. The van der Waals surface area contributed by atoms with Gasteiger partial charge in [0.05, 0.1) is 29.4 Å². The predicted molar refractivity (Wildman–Crippen MR) is 133 cm³/mol. The molecule has 0 aliphatic carbocycles. The number of alkyl halides is 3. The zero-order chi connectivity index (χ0) is 26.2. The quantitative estimate of drug-likeness (QED) is 0.396. The first kappa shape index (κ1) is 24.6. The minimum atomic E-state index is -4.71. The molecule has 0 atom stereocenters. The number of hydrogen-bond donors (Lipinski definition) is 0. The molecule has 0 unspecified atom stereocenters. The van der Waals surface area contributed by atoms with Crippen LogP contribution >= 0.6 is 0 Å². The van der Waals surface area contributed by atoms with Gasteiger partial charge in [0.1, 0.15) is 5.75 Å². The van der Waals surface area contributed by atoms with Gasteiger partial charge in [-0.3, -0.25) is 4.79 Å². The topological polar surface area (TPSA) is 71.5 Å². The second-order valence-electron chi connectivity index (χ2n) is 8.84. The van der Waals surface area contributed by atoms with Crippen molar-refractivity contribution in [3.63, 3.8) is 0 Å². The largest absolute Gasteiger partial charge is 0.497 e. The van der Waals surface area contributed by atoms with Crippen LogP contribution in [0.25, 0.3) is 33.5 Å². The van der Waals surface area contributed by atoms with Crippen LogP contribution in [0.15, 0.2) is 60.7 Å². The van der Waals surface area contributed by atoms with Gasteiger partial charge < -0.3 is 14.5 Å². The molecule has 0 saturated carbocycles. The molecule has 2 aromatic heterocycles. The molecule has 1 aliphatic rings. The Morgan fingerprint density at radius 2 is 1.57 bits per heavy atom. The molecular formula is C27H24F3N5O2. The number of piperazine rings is 1. The number of likely N-dealkylation sites (N-methyl/N-ethyl adjacent to an activating group) is 1. The van der Waals surface area contributed by atoms with Crippen molar-refractivity contribution in [2.45, 2.75) is 6.18 Å². The molecule has 0 radical (unpaired) electrons. The number of carbonyl (C=O) groups excluding carboxylic acids is 1. The summed E-state index contributed by atoms with van der Waals surface area (Å²) in [6.45, 7) is 2.30. The maximum Gasteiger partial charge on any atom is 0.417 e. The second kappa shape index (κ2) is 9.78. The van der Waals surface area contributed by atoms with Gasteiger partial charge in [0, 0.05) is 37.3 Å². The number of amides is 1. The maximum atomic E-state index is 14.4. The molecule has 190 valence electrons. The molecule has 2 aromatic carbocycles. The fraction of sp³-hybridized carbons (Fsp3) is 0.259. The lowest BCUT2D eigenvalue weighted by Gasteiger charge is -2.32. The van der Waals surface area contributed by atoms with Gasteiger partial charge in [-0.2, -0.15) is 13.2 Å². The summed E-state index contributed by atoms with van der Waals surface area (Å²) in [7, 11) is 3.46. The van der Waals surface area contributed by atoms with E-state index in [0.29, 0.717) is 43.1 Å². The first-order chi connectivity index (χ1) is 17.7. The number of fused-ring (bicyclic) bond motifs is 1. The molecule has 7 nitrogen and oxygen atoms in total. The van der Waals surface area contributed by atoms with Crippen LogP contribution in [0, 0.1) is 0 Å². The molecule has 1 amide bonds. The number of carbonyl (C=O) groups is 1. The lowest BCUT2D eigenvalue weighted by molar-refractivity contribution is -0.136. The highest BCUT2D eigenvalue weighted by Gasteiger charge is 2.36. The van der Waals surface area contributed by atoms with E-state index in [4.69, 9.17) is 4.74 Å². The minimum Gasteiger partial charge on any atom is -0.497 e. The van der Waals surface area contributed by atoms with Crippen molar-refractivity contribution < 1.29 is 22.7 Å². The Bertz CT molecular complexity index is 1430. The van der Waals surface area contributed by atoms with Crippen molar-refractivity contribution in [1.29, 1.82) is 0 Å². The summed E-state index contributed by atoms with van der Waals surface area (Å²) >= 11 is 0. The van der Waals surface area contributed by atoms with E-state index >= 15 is 0 Å². The van der Waals surface area contributed by atoms with Crippen LogP contribution in [0.2, 0.25) is 0 Å². The average molecular weight is 508 g/mol. The van der Waals surface area contributed by atoms with Gasteiger partial charge in [-0.05, 0) is 37.4 Å². The smallest absolute Gasteiger partial charge is 0.417 e. The Kier molecular flexibility index (Phi) is 6.51. The van der Waals surface area contributed by atoms with Crippen molar-refractivity contribution in [1.82, 2.24) is 24.8 Å². The normalized spacial score (nSPS) is 14.7. The zero-order valence-electron chi connectivity index (χ0n) is 20.3. The summed E-state index contributed by atoms with van der Waals surface area (Å²) in [5.74, 6) is -0.0877. The lowest BCUT2D eigenvalue weighted by atomic mass is 10.0. The number of rotatable bonds is 4. The molecular weight excluding hydrogens is 483 g/mol. The Labute approximate surface area is 211 Å². The summed E-state index contributed by atoms with van der Waals surface area (Å²) in [6.07, 6.45) is -4.71. The SMILES string of the molecule is COc1ccc(-c2nc(C(=O)N3CCN(C)CC3)nc3nc(-c4ccccc4)cc(C(F)(F)F)c23)cc1. The van der Waals surface area contributed by atoms with Crippen molar-refractivity contribution in [3.05, 3.63) is 72.1 Å². The Morgan fingerprint density at radius 3 is 2.19 bits per heavy atom. The Morgan fingerprint density at radius 1 is 0.892 bits per heavy atom. The van der Waals surface area contributed by atoms with Crippen molar-refractivity contribution >= 4 is 16.9 Å². The maximum absolute atomic E-state index is 14.4. The van der Waals surface area contributed by atoms with E-state index in [1.165, 1.54) is 7.11 Å². The summed E-state index contributed by atoms with van der Waals surface area (Å²) in [5.41, 5.74) is -0.109. The van der Waals surface area contributed by atoms with Crippen LogP contribution in [0.3, 0.4) is 0 Å². The van der Waals surface area contributed by atoms with Crippen LogP contribution in [-0.4, -0.2) is 71.0 Å². The molecule has 4 aromatic rings. The fourth-order valence-corrected chi connectivity index (χ4v) is 4.32. The number of ether oxygens (including phenoxy) is 1. The zero-order valence-corrected chi connectivity index (χ0v) is 20.3. The minimum absolute atomic E-state index is 0.00966. The van der Waals surface area contributed by atoms with E-state index in [1.807, 2.05) is 7.05 Å². The highest BCUT2D eigenvalue weighted by atomic mass is 19.4. The summed E-state index contributed by atoms with van der Waals surface area (Å²) in [6, 6.07) is 16.0. The third-order valence-corrected chi connectivity index (χ3v) is 6.39. The Hall–Kier alpha value is -4.05. The summed E-state index contributed by atoms with van der Waals surface area (Å²) in [5, 5.41) is -0.257. The summed E-state index contributed by atoms with van der Waals surface area (Å²) in [4.78, 5) is 30.3. The van der Waals surface area contributed by atoms with Crippen molar-refractivity contribution in [2.75, 3.05) is 40.3 Å². The monoisotopic (exact) mass is 507 g/mol. The van der Waals surface area contributed by atoms with Gasteiger partial charge in [-0.25, -0.2) is 15.0 Å². The van der Waals surface area contributed by atoms with Gasteiger partial charge in [0.15, 0.2) is 5.65 Å². The highest BCUT2D eigenvalue weighted by Crippen LogP contribution is 2.40. The Balaban J connectivity index is 1.76. The number of nitrogens with zero attached hydrogens (tertiary/aromatic N) is 5. The highest BCUT2D eigenvalue weighted by molar-refractivity contribution is 5.99. The molecule has 1 aliphatic heterocycles.